The summed E-state index contributed by atoms with van der Waals surface area (Å²) in [6.45, 7) is 1.41. The molecule has 4 rings (SSSR count). The monoisotopic (exact) mass is 419 g/mol. The summed E-state index contributed by atoms with van der Waals surface area (Å²) in [6, 6.07) is 20.5. The second-order valence-electron chi connectivity index (χ2n) is 7.61. The minimum absolute atomic E-state index is 0.148. The topological polar surface area (TPSA) is 49.0 Å². The van der Waals surface area contributed by atoms with E-state index in [1.807, 2.05) is 36.4 Å². The summed E-state index contributed by atoms with van der Waals surface area (Å²) in [5.74, 6) is 3.22. The number of methoxy groups -OCH3 is 3. The Balaban J connectivity index is 1.62. The van der Waals surface area contributed by atoms with E-state index >= 15 is 0 Å². The van der Waals surface area contributed by atoms with Gasteiger partial charge in [-0.3, -0.25) is 0 Å². The highest BCUT2D eigenvalue weighted by molar-refractivity contribution is 5.50. The first-order valence-corrected chi connectivity index (χ1v) is 10.5. The maximum absolute atomic E-state index is 6.16. The van der Waals surface area contributed by atoms with E-state index in [0.29, 0.717) is 6.61 Å². The summed E-state index contributed by atoms with van der Waals surface area (Å²) >= 11 is 0. The first kappa shape index (κ1) is 21.1. The molecule has 0 radical (unpaired) electrons. The first-order valence-electron chi connectivity index (χ1n) is 10.5. The Bertz CT molecular complexity index is 1020. The Labute approximate surface area is 183 Å². The van der Waals surface area contributed by atoms with Crippen LogP contribution in [0.5, 0.6) is 23.0 Å². The van der Waals surface area contributed by atoms with Crippen LogP contribution in [0, 0.1) is 0 Å². The summed E-state index contributed by atoms with van der Waals surface area (Å²) in [6.07, 6.45) is 1.74. The highest BCUT2D eigenvalue weighted by atomic mass is 16.5. The number of nitrogens with one attached hydrogen (secondary N) is 1. The van der Waals surface area contributed by atoms with Crippen molar-refractivity contribution in [2.24, 2.45) is 0 Å². The van der Waals surface area contributed by atoms with Crippen molar-refractivity contribution in [2.45, 2.75) is 25.5 Å². The molecule has 5 heteroatoms. The summed E-state index contributed by atoms with van der Waals surface area (Å²) in [5.41, 5.74) is 4.75. The van der Waals surface area contributed by atoms with Gasteiger partial charge in [0.05, 0.1) is 21.3 Å². The zero-order valence-corrected chi connectivity index (χ0v) is 18.3. The van der Waals surface area contributed by atoms with Crippen LogP contribution in [0.15, 0.2) is 60.7 Å². The van der Waals surface area contributed by atoms with Crippen LogP contribution in [0.3, 0.4) is 0 Å². The highest BCUT2D eigenvalue weighted by Crippen LogP contribution is 2.38. The van der Waals surface area contributed by atoms with E-state index in [0.717, 1.165) is 53.5 Å². The van der Waals surface area contributed by atoms with Gasteiger partial charge in [-0.25, -0.2) is 0 Å². The van der Waals surface area contributed by atoms with Crippen molar-refractivity contribution in [1.82, 2.24) is 5.32 Å². The lowest BCUT2D eigenvalue weighted by molar-refractivity contribution is 0.283. The van der Waals surface area contributed by atoms with E-state index in [2.05, 4.69) is 29.6 Å². The molecule has 0 aliphatic carbocycles. The SMILES string of the molecule is COc1ccc(OC)c(CC2NCCc3cc(OC)c(OCc4ccccc4)cc32)c1. The Hall–Kier alpha value is -3.18. The van der Waals surface area contributed by atoms with E-state index in [-0.39, 0.29) is 6.04 Å². The molecule has 1 unspecified atom stereocenters. The molecule has 0 saturated heterocycles. The number of hydrogen-bond donors (Lipinski definition) is 1. The van der Waals surface area contributed by atoms with Crippen molar-refractivity contribution in [1.29, 1.82) is 0 Å². The number of benzene rings is 3. The number of hydrogen-bond acceptors (Lipinski definition) is 5. The van der Waals surface area contributed by atoms with Crippen LogP contribution >= 0.6 is 0 Å². The molecule has 0 aromatic heterocycles. The van der Waals surface area contributed by atoms with E-state index < -0.39 is 0 Å². The predicted molar refractivity (Wildman–Crippen MR) is 121 cm³/mol. The largest absolute Gasteiger partial charge is 0.497 e. The maximum atomic E-state index is 6.16. The molecule has 1 heterocycles. The smallest absolute Gasteiger partial charge is 0.162 e. The third-order valence-electron chi connectivity index (χ3n) is 5.73. The third-order valence-corrected chi connectivity index (χ3v) is 5.73. The summed E-state index contributed by atoms with van der Waals surface area (Å²) in [5, 5.41) is 3.66. The molecular weight excluding hydrogens is 390 g/mol. The van der Waals surface area contributed by atoms with Gasteiger partial charge in [-0.15, -0.1) is 0 Å². The summed E-state index contributed by atoms with van der Waals surface area (Å²) < 4.78 is 22.8. The van der Waals surface area contributed by atoms with Crippen molar-refractivity contribution in [2.75, 3.05) is 27.9 Å². The molecule has 1 aliphatic heterocycles. The van der Waals surface area contributed by atoms with Crippen molar-refractivity contribution >= 4 is 0 Å². The van der Waals surface area contributed by atoms with Crippen molar-refractivity contribution in [3.63, 3.8) is 0 Å². The van der Waals surface area contributed by atoms with E-state index in [1.54, 1.807) is 21.3 Å². The molecule has 1 N–H and O–H groups in total. The molecule has 0 saturated carbocycles. The molecule has 1 aliphatic rings. The van der Waals surface area contributed by atoms with Crippen LogP contribution in [0.1, 0.15) is 28.3 Å². The Morgan fingerprint density at radius 1 is 0.839 bits per heavy atom. The van der Waals surface area contributed by atoms with Gasteiger partial charge >= 0.3 is 0 Å². The van der Waals surface area contributed by atoms with Crippen molar-refractivity contribution < 1.29 is 18.9 Å². The van der Waals surface area contributed by atoms with Crippen molar-refractivity contribution in [3.05, 3.63) is 82.9 Å². The molecular formula is C26H29NO4. The quantitative estimate of drug-likeness (QED) is 0.573. The second kappa shape index (κ2) is 9.75. The molecule has 0 bridgehead atoms. The fourth-order valence-electron chi connectivity index (χ4n) is 4.10. The van der Waals surface area contributed by atoms with Crippen LogP contribution < -0.4 is 24.3 Å². The number of rotatable bonds is 8. The van der Waals surface area contributed by atoms with Gasteiger partial charge in [-0.1, -0.05) is 30.3 Å². The van der Waals surface area contributed by atoms with Gasteiger partial charge in [0.15, 0.2) is 11.5 Å². The maximum Gasteiger partial charge on any atom is 0.162 e. The summed E-state index contributed by atoms with van der Waals surface area (Å²) in [7, 11) is 5.08. The first-order chi connectivity index (χ1) is 15.2. The number of fused-ring (bicyclic) bond motifs is 1. The van der Waals surface area contributed by atoms with Crippen LogP contribution in [0.2, 0.25) is 0 Å². The molecule has 31 heavy (non-hydrogen) atoms. The van der Waals surface area contributed by atoms with Crippen molar-refractivity contribution in [3.8, 4) is 23.0 Å². The lowest BCUT2D eigenvalue weighted by Gasteiger charge is -2.29. The minimum atomic E-state index is 0.148. The molecule has 5 nitrogen and oxygen atoms in total. The lowest BCUT2D eigenvalue weighted by Crippen LogP contribution is -2.31. The Morgan fingerprint density at radius 3 is 2.39 bits per heavy atom. The van der Waals surface area contributed by atoms with Gasteiger partial charge in [0, 0.05) is 6.04 Å². The highest BCUT2D eigenvalue weighted by Gasteiger charge is 2.24. The second-order valence-corrected chi connectivity index (χ2v) is 7.61. The lowest BCUT2D eigenvalue weighted by atomic mass is 9.89. The standard InChI is InChI=1S/C26H29NO4/c1-28-21-9-10-24(29-2)20(13-21)14-23-22-16-26(31-17-18-7-5-4-6-8-18)25(30-3)15-19(22)11-12-27-23/h4-10,13,15-16,23,27H,11-12,14,17H2,1-3H3. The van der Waals surface area contributed by atoms with Gasteiger partial charge in [0.1, 0.15) is 18.1 Å². The number of ether oxygens (including phenoxy) is 4. The molecule has 162 valence electrons. The Morgan fingerprint density at radius 2 is 1.65 bits per heavy atom. The van der Waals surface area contributed by atoms with Gasteiger partial charge in [0.2, 0.25) is 0 Å². The molecule has 3 aromatic carbocycles. The zero-order chi connectivity index (χ0) is 21.6. The van der Waals surface area contributed by atoms with E-state index in [4.69, 9.17) is 18.9 Å². The summed E-state index contributed by atoms with van der Waals surface area (Å²) in [4.78, 5) is 0. The average Bonchev–Trinajstić information content (AvgIpc) is 2.83. The van der Waals surface area contributed by atoms with Gasteiger partial charge in [0.25, 0.3) is 0 Å². The third kappa shape index (κ3) is 4.78. The Kier molecular flexibility index (Phi) is 6.63. The van der Waals surface area contributed by atoms with Crippen LogP contribution in [0.4, 0.5) is 0 Å². The normalized spacial score (nSPS) is 15.1. The van der Waals surface area contributed by atoms with Gasteiger partial charge in [-0.05, 0) is 72.0 Å². The zero-order valence-electron chi connectivity index (χ0n) is 18.3. The fourth-order valence-corrected chi connectivity index (χ4v) is 4.10. The van der Waals surface area contributed by atoms with Crippen LogP contribution in [0.25, 0.3) is 0 Å². The molecule has 0 amide bonds. The van der Waals surface area contributed by atoms with Gasteiger partial charge in [-0.2, -0.15) is 0 Å². The van der Waals surface area contributed by atoms with Crippen LogP contribution in [-0.4, -0.2) is 27.9 Å². The average molecular weight is 420 g/mol. The molecule has 0 spiro atoms. The molecule has 3 aromatic rings. The van der Waals surface area contributed by atoms with Gasteiger partial charge < -0.3 is 24.3 Å². The fraction of sp³-hybridized carbons (Fsp3) is 0.308. The van der Waals surface area contributed by atoms with E-state index in [1.165, 1.54) is 11.1 Å². The molecule has 1 atom stereocenters. The van der Waals surface area contributed by atoms with E-state index in [9.17, 15) is 0 Å². The van der Waals surface area contributed by atoms with Crippen LogP contribution in [-0.2, 0) is 19.4 Å². The minimum Gasteiger partial charge on any atom is -0.497 e. The molecule has 0 fully saturated rings. The predicted octanol–water partition coefficient (Wildman–Crippen LogP) is 4.72.